The number of hydrogen-bond donors (Lipinski definition) is 6. The molecule has 6 aromatic rings. The first-order valence-corrected chi connectivity index (χ1v) is 24.5. The van der Waals surface area contributed by atoms with Crippen molar-refractivity contribution in [2.75, 3.05) is 18.4 Å². The molecular weight excluding hydrogens is 947 g/mol. The van der Waals surface area contributed by atoms with E-state index >= 15 is 0 Å². The molecule has 74 heavy (non-hydrogen) atoms. The number of imide groups is 1. The zero-order valence-corrected chi connectivity index (χ0v) is 41.8. The van der Waals surface area contributed by atoms with Gasteiger partial charge in [0.2, 0.25) is 17.7 Å². The van der Waals surface area contributed by atoms with E-state index in [2.05, 4.69) is 36.3 Å². The molecule has 7 rings (SSSR count). The number of fused-ring (bicyclic) bond motifs is 1. The molecule has 0 saturated carbocycles. The molecule has 0 fully saturated rings. The summed E-state index contributed by atoms with van der Waals surface area (Å²) in [4.78, 5) is 110. The summed E-state index contributed by atoms with van der Waals surface area (Å²) >= 11 is 0. The lowest BCUT2D eigenvalue weighted by molar-refractivity contribution is -0.137. The number of H-pyrrole nitrogens is 1. The number of primary amides is 1. The molecule has 2 atom stereocenters. The van der Waals surface area contributed by atoms with Gasteiger partial charge >= 0.3 is 12.1 Å². The van der Waals surface area contributed by atoms with E-state index in [1.807, 2.05) is 74.6 Å². The molecule has 7 N–H and O–H groups in total. The molecule has 0 aliphatic carbocycles. The van der Waals surface area contributed by atoms with Gasteiger partial charge in [0.25, 0.3) is 11.8 Å². The lowest BCUT2D eigenvalue weighted by Crippen LogP contribution is -2.54. The summed E-state index contributed by atoms with van der Waals surface area (Å²) in [5.74, 6) is -2.01. The third kappa shape index (κ3) is 14.4. The molecule has 1 aliphatic heterocycles. The summed E-state index contributed by atoms with van der Waals surface area (Å²) < 4.78 is 7.59. The highest BCUT2D eigenvalue weighted by Gasteiger charge is 2.30. The zero-order chi connectivity index (χ0) is 52.7. The van der Waals surface area contributed by atoms with Crippen LogP contribution in [0.4, 0.5) is 15.3 Å². The SMILES string of the molecule is Cc1cccc(-c2nc(CN(Cc3ccccc3C)C(=O)OCc3ccc(NC(=O)[C@H](CCCNC(N)=O)NC(=O)C(NC(=O)CCCCCN4C(=O)C=CC4=O)C(C)C)cc3)[nH]c2-c2ccc3ncnn3c2)n1. The number of aryl methyl sites for hydroxylation is 2. The molecule has 1 aliphatic rings. The summed E-state index contributed by atoms with van der Waals surface area (Å²) in [6.07, 6.45) is 7.31. The Morgan fingerprint density at radius 1 is 0.824 bits per heavy atom. The van der Waals surface area contributed by atoms with Crippen molar-refractivity contribution >= 4 is 53.0 Å². The second-order valence-electron chi connectivity index (χ2n) is 18.3. The Morgan fingerprint density at radius 2 is 1.59 bits per heavy atom. The quantitative estimate of drug-likeness (QED) is 0.0318. The summed E-state index contributed by atoms with van der Waals surface area (Å²) in [6.45, 7) is 8.03. The number of carbonyl (C=O) groups is 7. The number of nitrogens with one attached hydrogen (secondary N) is 5. The summed E-state index contributed by atoms with van der Waals surface area (Å²) in [5.41, 5.74) is 12.4. The highest BCUT2D eigenvalue weighted by molar-refractivity contribution is 6.12. The van der Waals surface area contributed by atoms with Crippen LogP contribution in [0.3, 0.4) is 0 Å². The second-order valence-corrected chi connectivity index (χ2v) is 18.3. The van der Waals surface area contributed by atoms with Gasteiger partial charge in [-0.15, -0.1) is 0 Å². The summed E-state index contributed by atoms with van der Waals surface area (Å²) in [6, 6.07) is 21.2. The Labute approximate surface area is 427 Å². The van der Waals surface area contributed by atoms with Crippen LogP contribution in [0.5, 0.6) is 0 Å². The molecule has 21 heteroatoms. The van der Waals surface area contributed by atoms with E-state index in [0.717, 1.165) is 27.3 Å². The number of rotatable bonds is 24. The number of unbranched alkanes of at least 4 members (excludes halogenated alkanes) is 2. The average Bonchev–Trinajstić information content (AvgIpc) is 4.12. The maximum Gasteiger partial charge on any atom is 0.410 e. The number of nitrogens with zero attached hydrogens (tertiary/aromatic N) is 7. The molecule has 4 aromatic heterocycles. The number of hydrogen-bond acceptors (Lipinski definition) is 12. The van der Waals surface area contributed by atoms with E-state index in [-0.39, 0.29) is 69.3 Å². The number of benzene rings is 2. The minimum atomic E-state index is -1.06. The predicted molar refractivity (Wildman–Crippen MR) is 274 cm³/mol. The van der Waals surface area contributed by atoms with Gasteiger partial charge in [-0.2, -0.15) is 5.10 Å². The van der Waals surface area contributed by atoms with Gasteiger partial charge in [0.15, 0.2) is 5.65 Å². The van der Waals surface area contributed by atoms with E-state index in [1.54, 1.807) is 47.5 Å². The van der Waals surface area contributed by atoms with Crippen LogP contribution in [-0.2, 0) is 48.4 Å². The Hall–Kier alpha value is -8.75. The highest BCUT2D eigenvalue weighted by atomic mass is 16.6. The Balaban J connectivity index is 0.987. The van der Waals surface area contributed by atoms with Crippen molar-refractivity contribution in [3.8, 4) is 22.6 Å². The molecular formula is C53H61N13O8. The minimum Gasteiger partial charge on any atom is -0.445 e. The fourth-order valence-corrected chi connectivity index (χ4v) is 8.25. The van der Waals surface area contributed by atoms with Gasteiger partial charge in [0.1, 0.15) is 36.5 Å². The number of ether oxygens (including phenoxy) is 1. The fraction of sp³-hybridized carbons (Fsp3) is 0.340. The van der Waals surface area contributed by atoms with Crippen molar-refractivity contribution in [2.45, 2.75) is 98.0 Å². The molecule has 2 aromatic carbocycles. The van der Waals surface area contributed by atoms with Crippen molar-refractivity contribution < 1.29 is 38.3 Å². The van der Waals surface area contributed by atoms with E-state index in [4.69, 9.17) is 20.4 Å². The zero-order valence-electron chi connectivity index (χ0n) is 41.8. The molecule has 0 bridgehead atoms. The van der Waals surface area contributed by atoms with Gasteiger partial charge in [0, 0.05) is 61.3 Å². The topological polar surface area (TPSA) is 281 Å². The number of amides is 8. The number of aromatic amines is 1. The minimum absolute atomic E-state index is 0.0657. The normalized spacial score (nSPS) is 13.0. The Morgan fingerprint density at radius 3 is 2.32 bits per heavy atom. The lowest BCUT2D eigenvalue weighted by atomic mass is 10.0. The first kappa shape index (κ1) is 53.1. The predicted octanol–water partition coefficient (Wildman–Crippen LogP) is 5.64. The largest absolute Gasteiger partial charge is 0.445 e. The monoisotopic (exact) mass is 1010 g/mol. The number of nitrogens with two attached hydrogens (primary N) is 1. The third-order valence-electron chi connectivity index (χ3n) is 12.3. The van der Waals surface area contributed by atoms with Crippen LogP contribution in [-0.4, -0.2) is 106 Å². The number of urea groups is 1. The molecule has 1 unspecified atom stereocenters. The first-order valence-electron chi connectivity index (χ1n) is 24.5. The van der Waals surface area contributed by atoms with Crippen LogP contribution in [0.15, 0.2) is 104 Å². The molecule has 0 saturated heterocycles. The Kier molecular flexibility index (Phi) is 18.0. The number of imidazole rings is 1. The van der Waals surface area contributed by atoms with Crippen LogP contribution in [0, 0.1) is 19.8 Å². The van der Waals surface area contributed by atoms with Gasteiger partial charge in [-0.1, -0.05) is 62.7 Å². The van der Waals surface area contributed by atoms with E-state index in [9.17, 15) is 33.6 Å². The third-order valence-corrected chi connectivity index (χ3v) is 12.3. The van der Waals surface area contributed by atoms with E-state index in [0.29, 0.717) is 65.5 Å². The van der Waals surface area contributed by atoms with Gasteiger partial charge in [-0.25, -0.2) is 24.1 Å². The van der Waals surface area contributed by atoms with Crippen molar-refractivity contribution in [3.63, 3.8) is 0 Å². The van der Waals surface area contributed by atoms with Gasteiger partial charge in [0.05, 0.1) is 17.9 Å². The standard InChI is InChI=1S/C53H61N13O8/c1-33(2)47(63-44(67)17-6-5-9-27-65-45(68)24-25-46(65)69)51(71)60-41(16-11-26-55-52(54)72)50(70)59-39-21-18-36(19-22-39)31-74-53(73)64(28-37-14-8-7-12-34(37)3)30-42-61-48(38-20-23-43-56-32-57-66(43)29-38)49(62-42)40-15-10-13-35(4)58-40/h7-8,10,12-15,18-25,29,32-33,41,47H,5-6,9,11,16-17,26-28,30-31H2,1-4H3,(H,59,70)(H,60,71)(H,61,62)(H,63,67)(H3,54,55,72)/t41-,47?/m0/s1. The maximum absolute atomic E-state index is 14.1. The average molecular weight is 1010 g/mol. The van der Waals surface area contributed by atoms with Crippen LogP contribution in [0.25, 0.3) is 28.3 Å². The van der Waals surface area contributed by atoms with Crippen LogP contribution in [0.2, 0.25) is 0 Å². The van der Waals surface area contributed by atoms with Crippen LogP contribution >= 0.6 is 0 Å². The number of carbonyl (C=O) groups excluding carboxylic acids is 7. The number of pyridine rings is 2. The van der Waals surface area contributed by atoms with Crippen molar-refractivity contribution in [1.29, 1.82) is 0 Å². The molecule has 0 spiro atoms. The van der Waals surface area contributed by atoms with Crippen molar-refractivity contribution in [2.24, 2.45) is 11.7 Å². The fourth-order valence-electron chi connectivity index (χ4n) is 8.25. The summed E-state index contributed by atoms with van der Waals surface area (Å²) in [7, 11) is 0. The van der Waals surface area contributed by atoms with E-state index < -0.39 is 36.0 Å². The van der Waals surface area contributed by atoms with Crippen LogP contribution < -0.4 is 27.0 Å². The van der Waals surface area contributed by atoms with Crippen LogP contribution in [0.1, 0.15) is 80.6 Å². The van der Waals surface area contributed by atoms with Gasteiger partial charge < -0.3 is 36.7 Å². The Bertz CT molecular complexity index is 3000. The number of aromatic nitrogens is 6. The molecule has 5 heterocycles. The first-order chi connectivity index (χ1) is 35.6. The lowest BCUT2D eigenvalue weighted by Gasteiger charge is -2.25. The maximum atomic E-state index is 14.1. The highest BCUT2D eigenvalue weighted by Crippen LogP contribution is 2.30. The summed E-state index contributed by atoms with van der Waals surface area (Å²) in [5, 5.41) is 15.2. The van der Waals surface area contributed by atoms with Crippen molar-refractivity contribution in [3.05, 3.63) is 132 Å². The van der Waals surface area contributed by atoms with E-state index in [1.165, 1.54) is 18.5 Å². The molecule has 8 amide bonds. The smallest absolute Gasteiger partial charge is 0.410 e. The second kappa shape index (κ2) is 25.1. The van der Waals surface area contributed by atoms with Crippen molar-refractivity contribution in [1.82, 2.24) is 55.3 Å². The molecule has 21 nitrogen and oxygen atoms in total. The number of anilines is 1. The van der Waals surface area contributed by atoms with Gasteiger partial charge in [-0.3, -0.25) is 38.8 Å². The molecule has 0 radical (unpaired) electrons. The molecule has 386 valence electrons. The van der Waals surface area contributed by atoms with Gasteiger partial charge in [-0.05, 0) is 98.5 Å².